The molecule has 0 spiro atoms. The number of hydrogen-bond acceptors (Lipinski definition) is 7. The van der Waals surface area contributed by atoms with E-state index in [1.165, 1.54) is 13.8 Å². The molecule has 6 N–H and O–H groups in total. The second-order valence-corrected chi connectivity index (χ2v) is 10.2. The lowest BCUT2D eigenvalue weighted by Gasteiger charge is -2.40. The van der Waals surface area contributed by atoms with Gasteiger partial charge >= 0.3 is 13.1 Å². The standard InChI is InChI=1S/C15H30BFN4O6S/c1-14(2,17)9-21(12-6-19-7-12)28(26,27)20-8-11(4-3-5-16(24)25)15(18,10-20)13(22)23/h11-12,19,24-25H,3-10,18H2,1-2H3,(H,22,23)/t11-,15-/m0/s1. The first kappa shape index (κ1) is 23.5. The van der Waals surface area contributed by atoms with Gasteiger partial charge in [0.05, 0.1) is 6.04 Å². The Labute approximate surface area is 165 Å². The van der Waals surface area contributed by atoms with Crippen molar-refractivity contribution < 1.29 is 32.8 Å². The lowest BCUT2D eigenvalue weighted by atomic mass is 9.78. The summed E-state index contributed by atoms with van der Waals surface area (Å²) in [6.45, 7) is 2.50. The van der Waals surface area contributed by atoms with Crippen LogP contribution in [0.5, 0.6) is 0 Å². The quantitative estimate of drug-likeness (QED) is 0.258. The number of carbonyl (C=O) groups is 1. The molecular weight excluding hydrogens is 394 g/mol. The smallest absolute Gasteiger partial charge is 0.451 e. The average molecular weight is 424 g/mol. The monoisotopic (exact) mass is 424 g/mol. The highest BCUT2D eigenvalue weighted by Crippen LogP contribution is 2.34. The van der Waals surface area contributed by atoms with Gasteiger partial charge in [0, 0.05) is 38.6 Å². The summed E-state index contributed by atoms with van der Waals surface area (Å²) in [5.41, 5.74) is 2.52. The van der Waals surface area contributed by atoms with Gasteiger partial charge in [0.2, 0.25) is 0 Å². The van der Waals surface area contributed by atoms with Crippen LogP contribution in [0.1, 0.15) is 26.7 Å². The normalized spacial score (nSPS) is 27.2. The minimum Gasteiger partial charge on any atom is -0.480 e. The Bertz CT molecular complexity index is 672. The second-order valence-electron chi connectivity index (χ2n) is 8.33. The van der Waals surface area contributed by atoms with Crippen LogP contribution in [0.3, 0.4) is 0 Å². The summed E-state index contributed by atoms with van der Waals surface area (Å²) >= 11 is 0. The van der Waals surface area contributed by atoms with Crippen LogP contribution >= 0.6 is 0 Å². The molecule has 2 heterocycles. The van der Waals surface area contributed by atoms with E-state index < -0.39 is 53.0 Å². The number of carboxylic acid groups (broad SMARTS) is 1. The fraction of sp³-hybridized carbons (Fsp3) is 0.933. The van der Waals surface area contributed by atoms with Gasteiger partial charge in [-0.05, 0) is 26.6 Å². The van der Waals surface area contributed by atoms with Gasteiger partial charge in [-0.2, -0.15) is 17.0 Å². The van der Waals surface area contributed by atoms with Crippen LogP contribution in [0.25, 0.3) is 0 Å². The number of nitrogens with one attached hydrogen (secondary N) is 1. The molecule has 2 atom stereocenters. The van der Waals surface area contributed by atoms with Crippen molar-refractivity contribution in [1.29, 1.82) is 0 Å². The van der Waals surface area contributed by atoms with Crippen LogP contribution in [0.4, 0.5) is 4.39 Å². The fourth-order valence-electron chi connectivity index (χ4n) is 3.60. The first-order valence-corrected chi connectivity index (χ1v) is 10.7. The topological polar surface area (TPSA) is 156 Å². The number of rotatable bonds is 10. The highest BCUT2D eigenvalue weighted by atomic mass is 32.2. The van der Waals surface area contributed by atoms with E-state index in [0.717, 1.165) is 8.61 Å². The maximum atomic E-state index is 14.3. The molecule has 2 rings (SSSR count). The van der Waals surface area contributed by atoms with E-state index in [4.69, 9.17) is 15.8 Å². The zero-order valence-electron chi connectivity index (χ0n) is 16.2. The molecule has 0 radical (unpaired) electrons. The van der Waals surface area contributed by atoms with Crippen molar-refractivity contribution in [3.05, 3.63) is 0 Å². The van der Waals surface area contributed by atoms with E-state index in [-0.39, 0.29) is 32.3 Å². The van der Waals surface area contributed by atoms with E-state index in [1.807, 2.05) is 0 Å². The number of halogens is 1. The van der Waals surface area contributed by atoms with E-state index in [0.29, 0.717) is 13.1 Å². The van der Waals surface area contributed by atoms with Crippen LogP contribution in [0, 0.1) is 5.92 Å². The molecule has 0 amide bonds. The van der Waals surface area contributed by atoms with Crippen LogP contribution in [0.15, 0.2) is 0 Å². The summed E-state index contributed by atoms with van der Waals surface area (Å²) < 4.78 is 42.8. The molecule has 2 fully saturated rings. The van der Waals surface area contributed by atoms with Crippen molar-refractivity contribution in [2.75, 3.05) is 32.7 Å². The van der Waals surface area contributed by atoms with E-state index in [2.05, 4.69) is 5.32 Å². The van der Waals surface area contributed by atoms with Crippen molar-refractivity contribution in [3.8, 4) is 0 Å². The van der Waals surface area contributed by atoms with Gasteiger partial charge in [-0.3, -0.25) is 4.79 Å². The Morgan fingerprint density at radius 3 is 2.46 bits per heavy atom. The maximum Gasteiger partial charge on any atom is 0.451 e. The first-order chi connectivity index (χ1) is 12.8. The van der Waals surface area contributed by atoms with E-state index >= 15 is 0 Å². The Morgan fingerprint density at radius 1 is 1.43 bits per heavy atom. The molecule has 162 valence electrons. The number of alkyl halides is 1. The summed E-state index contributed by atoms with van der Waals surface area (Å²) in [6, 6.07) is -0.402. The van der Waals surface area contributed by atoms with Gasteiger partial charge in [-0.25, -0.2) is 4.39 Å². The summed E-state index contributed by atoms with van der Waals surface area (Å²) in [6.07, 6.45) is 0.553. The SMILES string of the molecule is CC(C)(F)CN(C1CNC1)S(=O)(=O)N1C[C@H](CCCB(O)O)[C@](N)(C(=O)O)C1. The van der Waals surface area contributed by atoms with Crippen LogP contribution in [0.2, 0.25) is 6.32 Å². The van der Waals surface area contributed by atoms with E-state index in [1.54, 1.807) is 0 Å². The molecule has 2 saturated heterocycles. The van der Waals surface area contributed by atoms with Crippen LogP contribution in [-0.4, -0.2) is 95.2 Å². The molecule has 0 bridgehead atoms. The Kier molecular flexibility index (Phi) is 7.12. The second kappa shape index (κ2) is 8.50. The summed E-state index contributed by atoms with van der Waals surface area (Å²) in [4.78, 5) is 11.8. The van der Waals surface area contributed by atoms with Crippen molar-refractivity contribution in [2.45, 2.75) is 50.3 Å². The number of hydrogen-bond donors (Lipinski definition) is 5. The van der Waals surface area contributed by atoms with Crippen molar-refractivity contribution in [1.82, 2.24) is 13.9 Å². The van der Waals surface area contributed by atoms with Crippen molar-refractivity contribution >= 4 is 23.3 Å². The van der Waals surface area contributed by atoms with Crippen molar-refractivity contribution in [3.63, 3.8) is 0 Å². The van der Waals surface area contributed by atoms with Gasteiger partial charge in [0.1, 0.15) is 11.2 Å². The van der Waals surface area contributed by atoms with Gasteiger partial charge < -0.3 is 26.2 Å². The first-order valence-electron chi connectivity index (χ1n) is 9.32. The number of aliphatic carboxylic acids is 1. The largest absolute Gasteiger partial charge is 0.480 e. The molecule has 0 aliphatic carbocycles. The molecule has 0 aromatic carbocycles. The molecule has 2 aliphatic heterocycles. The molecular formula is C15H30BFN4O6S. The number of carboxylic acids is 1. The third-order valence-corrected chi connectivity index (χ3v) is 7.28. The molecule has 0 aromatic rings. The molecule has 28 heavy (non-hydrogen) atoms. The summed E-state index contributed by atoms with van der Waals surface area (Å²) in [5.74, 6) is -2.01. The highest BCUT2D eigenvalue weighted by molar-refractivity contribution is 7.86. The molecule has 0 aromatic heterocycles. The summed E-state index contributed by atoms with van der Waals surface area (Å²) in [5, 5.41) is 30.5. The molecule has 0 unspecified atom stereocenters. The van der Waals surface area contributed by atoms with Crippen LogP contribution < -0.4 is 11.1 Å². The molecule has 13 heteroatoms. The zero-order valence-corrected chi connectivity index (χ0v) is 17.0. The lowest BCUT2D eigenvalue weighted by molar-refractivity contribution is -0.144. The third-order valence-electron chi connectivity index (χ3n) is 5.33. The highest BCUT2D eigenvalue weighted by Gasteiger charge is 2.54. The van der Waals surface area contributed by atoms with Crippen molar-refractivity contribution in [2.24, 2.45) is 11.7 Å². The molecule has 2 aliphatic rings. The fourth-order valence-corrected chi connectivity index (χ4v) is 5.64. The Hall–Kier alpha value is -0.825. The predicted molar refractivity (Wildman–Crippen MR) is 101 cm³/mol. The lowest BCUT2D eigenvalue weighted by Crippen LogP contribution is -2.63. The minimum atomic E-state index is -4.13. The average Bonchev–Trinajstić information content (AvgIpc) is 2.82. The minimum absolute atomic E-state index is 0.0366. The predicted octanol–water partition coefficient (Wildman–Crippen LogP) is -1.78. The Balaban J connectivity index is 2.22. The zero-order chi connectivity index (χ0) is 21.3. The number of nitrogens with two attached hydrogens (primary N) is 1. The number of nitrogens with zero attached hydrogens (tertiary/aromatic N) is 2. The summed E-state index contributed by atoms with van der Waals surface area (Å²) in [7, 11) is -5.65. The van der Waals surface area contributed by atoms with Gasteiger partial charge in [0.15, 0.2) is 0 Å². The van der Waals surface area contributed by atoms with Gasteiger partial charge in [0.25, 0.3) is 10.2 Å². The van der Waals surface area contributed by atoms with E-state index in [9.17, 15) is 22.7 Å². The van der Waals surface area contributed by atoms with Gasteiger partial charge in [-0.1, -0.05) is 6.42 Å². The van der Waals surface area contributed by atoms with Crippen LogP contribution in [-0.2, 0) is 15.0 Å². The third kappa shape index (κ3) is 5.20. The Morgan fingerprint density at radius 2 is 2.04 bits per heavy atom. The van der Waals surface area contributed by atoms with Gasteiger partial charge in [-0.15, -0.1) is 0 Å². The maximum absolute atomic E-state index is 14.3. The molecule has 10 nitrogen and oxygen atoms in total. The molecule has 0 saturated carbocycles.